The maximum atomic E-state index is 12.7. The standard InChI is InChI=1S/C18H28N4O4/c1-13(2)10-15(21-6-8-26-9-7-21)12-20-18(23)16-11-14(22(24)25)4-5-17(16)19-3/h4-5,11,13,15,19H,6-10,12H2,1-3H3,(H,20,23). The Bertz CT molecular complexity index is 630. The van der Waals surface area contributed by atoms with Crippen molar-refractivity contribution in [1.29, 1.82) is 0 Å². The third-order valence-corrected chi connectivity index (χ3v) is 4.53. The van der Waals surface area contributed by atoms with Gasteiger partial charge in [-0.05, 0) is 18.4 Å². The van der Waals surface area contributed by atoms with Crippen LogP contribution in [0.2, 0.25) is 0 Å². The van der Waals surface area contributed by atoms with Gasteiger partial charge in [-0.25, -0.2) is 0 Å². The highest BCUT2D eigenvalue weighted by Crippen LogP contribution is 2.22. The lowest BCUT2D eigenvalue weighted by molar-refractivity contribution is -0.384. The molecule has 144 valence electrons. The molecule has 1 unspecified atom stereocenters. The average molecular weight is 364 g/mol. The van der Waals surface area contributed by atoms with E-state index in [9.17, 15) is 14.9 Å². The van der Waals surface area contributed by atoms with Crippen LogP contribution in [0, 0.1) is 16.0 Å². The first-order valence-electron chi connectivity index (χ1n) is 8.98. The quantitative estimate of drug-likeness (QED) is 0.542. The van der Waals surface area contributed by atoms with Crippen molar-refractivity contribution in [3.63, 3.8) is 0 Å². The fourth-order valence-corrected chi connectivity index (χ4v) is 3.21. The van der Waals surface area contributed by atoms with E-state index in [0.717, 1.165) is 19.5 Å². The van der Waals surface area contributed by atoms with Crippen molar-refractivity contribution in [1.82, 2.24) is 10.2 Å². The van der Waals surface area contributed by atoms with E-state index in [4.69, 9.17) is 4.74 Å². The molecular formula is C18H28N4O4. The molecule has 0 aliphatic carbocycles. The molecule has 1 fully saturated rings. The van der Waals surface area contributed by atoms with Gasteiger partial charge in [0.25, 0.3) is 11.6 Å². The third kappa shape index (κ3) is 5.40. The van der Waals surface area contributed by atoms with Crippen LogP contribution in [0.5, 0.6) is 0 Å². The topological polar surface area (TPSA) is 96.7 Å². The first-order chi connectivity index (χ1) is 12.4. The summed E-state index contributed by atoms with van der Waals surface area (Å²) in [4.78, 5) is 25.5. The number of nitro benzene ring substituents is 1. The van der Waals surface area contributed by atoms with E-state index in [1.807, 2.05) is 0 Å². The van der Waals surface area contributed by atoms with E-state index in [0.29, 0.717) is 31.4 Å². The molecule has 0 saturated carbocycles. The fraction of sp³-hybridized carbons (Fsp3) is 0.611. The van der Waals surface area contributed by atoms with Crippen LogP contribution in [-0.4, -0.2) is 61.7 Å². The summed E-state index contributed by atoms with van der Waals surface area (Å²) >= 11 is 0. The second kappa shape index (κ2) is 9.49. The monoisotopic (exact) mass is 364 g/mol. The fourth-order valence-electron chi connectivity index (χ4n) is 3.21. The van der Waals surface area contributed by atoms with Crippen molar-refractivity contribution in [2.24, 2.45) is 5.92 Å². The summed E-state index contributed by atoms with van der Waals surface area (Å²) in [7, 11) is 1.69. The van der Waals surface area contributed by atoms with E-state index in [-0.39, 0.29) is 23.2 Å². The van der Waals surface area contributed by atoms with Gasteiger partial charge in [0, 0.05) is 50.5 Å². The highest BCUT2D eigenvalue weighted by Gasteiger charge is 2.23. The summed E-state index contributed by atoms with van der Waals surface area (Å²) in [5, 5.41) is 16.9. The number of nitro groups is 1. The van der Waals surface area contributed by atoms with E-state index in [1.54, 1.807) is 13.1 Å². The molecule has 2 rings (SSSR count). The Morgan fingerprint density at radius 1 is 1.35 bits per heavy atom. The molecule has 1 aliphatic heterocycles. The Labute approximate surface area is 154 Å². The molecule has 0 bridgehead atoms. The van der Waals surface area contributed by atoms with Crippen molar-refractivity contribution in [2.45, 2.75) is 26.3 Å². The highest BCUT2D eigenvalue weighted by atomic mass is 16.6. The number of anilines is 1. The molecule has 1 saturated heterocycles. The zero-order valence-electron chi connectivity index (χ0n) is 15.7. The summed E-state index contributed by atoms with van der Waals surface area (Å²) in [6.45, 7) is 7.94. The van der Waals surface area contributed by atoms with Crippen molar-refractivity contribution < 1.29 is 14.5 Å². The Hall–Kier alpha value is -2.19. The zero-order chi connectivity index (χ0) is 19.1. The number of non-ortho nitro benzene ring substituents is 1. The van der Waals surface area contributed by atoms with E-state index in [1.165, 1.54) is 12.1 Å². The molecule has 1 aromatic carbocycles. The van der Waals surface area contributed by atoms with Gasteiger partial charge in [-0.1, -0.05) is 13.8 Å². The Kier molecular flexibility index (Phi) is 7.35. The number of morpholine rings is 1. The number of carbonyl (C=O) groups excluding carboxylic acids is 1. The molecule has 0 spiro atoms. The van der Waals surface area contributed by atoms with Crippen LogP contribution in [0.1, 0.15) is 30.6 Å². The molecule has 1 amide bonds. The van der Waals surface area contributed by atoms with Crippen LogP contribution in [0.3, 0.4) is 0 Å². The van der Waals surface area contributed by atoms with Gasteiger partial charge in [0.2, 0.25) is 0 Å². The number of amides is 1. The molecule has 1 heterocycles. The smallest absolute Gasteiger partial charge is 0.270 e. The lowest BCUT2D eigenvalue weighted by Crippen LogP contribution is -2.49. The number of hydrogen-bond donors (Lipinski definition) is 2. The lowest BCUT2D eigenvalue weighted by Gasteiger charge is -2.35. The second-order valence-electron chi connectivity index (χ2n) is 6.88. The molecule has 0 radical (unpaired) electrons. The van der Waals surface area contributed by atoms with E-state index in [2.05, 4.69) is 29.4 Å². The second-order valence-corrected chi connectivity index (χ2v) is 6.88. The Balaban J connectivity index is 2.09. The minimum atomic E-state index is -0.495. The molecule has 8 heteroatoms. The number of rotatable bonds is 8. The Morgan fingerprint density at radius 2 is 2.04 bits per heavy atom. The molecule has 8 nitrogen and oxygen atoms in total. The third-order valence-electron chi connectivity index (χ3n) is 4.53. The van der Waals surface area contributed by atoms with E-state index < -0.39 is 4.92 Å². The van der Waals surface area contributed by atoms with Crippen molar-refractivity contribution >= 4 is 17.3 Å². The van der Waals surface area contributed by atoms with Gasteiger partial charge < -0.3 is 15.4 Å². The summed E-state index contributed by atoms with van der Waals surface area (Å²) in [5.74, 6) is 0.200. The predicted molar refractivity (Wildman–Crippen MR) is 101 cm³/mol. The summed E-state index contributed by atoms with van der Waals surface area (Å²) in [6.07, 6.45) is 0.966. The number of carbonyl (C=O) groups is 1. The van der Waals surface area contributed by atoms with Gasteiger partial charge in [-0.3, -0.25) is 19.8 Å². The van der Waals surface area contributed by atoms with Gasteiger partial charge in [0.1, 0.15) is 0 Å². The van der Waals surface area contributed by atoms with Crippen LogP contribution >= 0.6 is 0 Å². The SMILES string of the molecule is CNc1ccc([N+](=O)[O-])cc1C(=O)NCC(CC(C)C)N1CCOCC1. The van der Waals surface area contributed by atoms with Crippen molar-refractivity contribution in [3.8, 4) is 0 Å². The molecule has 26 heavy (non-hydrogen) atoms. The predicted octanol–water partition coefficient (Wildman–Crippen LogP) is 2.11. The molecule has 2 N–H and O–H groups in total. The summed E-state index contributed by atoms with van der Waals surface area (Å²) < 4.78 is 5.41. The van der Waals surface area contributed by atoms with Gasteiger partial charge in [0.05, 0.1) is 23.7 Å². The molecular weight excluding hydrogens is 336 g/mol. The molecule has 1 atom stereocenters. The van der Waals surface area contributed by atoms with Crippen LogP contribution in [0.15, 0.2) is 18.2 Å². The number of benzene rings is 1. The first kappa shape index (κ1) is 20.1. The van der Waals surface area contributed by atoms with Crippen molar-refractivity contribution in [3.05, 3.63) is 33.9 Å². The maximum absolute atomic E-state index is 12.7. The molecule has 1 aliphatic rings. The minimum absolute atomic E-state index is 0.0962. The average Bonchev–Trinajstić information content (AvgIpc) is 2.64. The minimum Gasteiger partial charge on any atom is -0.387 e. The number of nitrogens with zero attached hydrogens (tertiary/aromatic N) is 2. The largest absolute Gasteiger partial charge is 0.387 e. The van der Waals surface area contributed by atoms with Gasteiger partial charge in [-0.2, -0.15) is 0 Å². The van der Waals surface area contributed by atoms with Crippen LogP contribution in [-0.2, 0) is 4.74 Å². The van der Waals surface area contributed by atoms with Crippen LogP contribution in [0.25, 0.3) is 0 Å². The number of hydrogen-bond acceptors (Lipinski definition) is 6. The van der Waals surface area contributed by atoms with Crippen LogP contribution < -0.4 is 10.6 Å². The number of nitrogens with one attached hydrogen (secondary N) is 2. The number of ether oxygens (including phenoxy) is 1. The summed E-state index contributed by atoms with van der Waals surface area (Å²) in [5.41, 5.74) is 0.757. The van der Waals surface area contributed by atoms with Gasteiger partial charge >= 0.3 is 0 Å². The lowest BCUT2D eigenvalue weighted by atomic mass is 10.0. The van der Waals surface area contributed by atoms with E-state index >= 15 is 0 Å². The molecule has 0 aromatic heterocycles. The van der Waals surface area contributed by atoms with Gasteiger partial charge in [0.15, 0.2) is 0 Å². The van der Waals surface area contributed by atoms with Gasteiger partial charge in [-0.15, -0.1) is 0 Å². The van der Waals surface area contributed by atoms with Crippen LogP contribution in [0.4, 0.5) is 11.4 Å². The normalized spacial score (nSPS) is 16.3. The summed E-state index contributed by atoms with van der Waals surface area (Å²) in [6, 6.07) is 4.48. The molecule has 1 aromatic rings. The highest BCUT2D eigenvalue weighted by molar-refractivity contribution is 6.00. The Morgan fingerprint density at radius 3 is 2.62 bits per heavy atom. The zero-order valence-corrected chi connectivity index (χ0v) is 15.7. The first-order valence-corrected chi connectivity index (χ1v) is 8.98. The maximum Gasteiger partial charge on any atom is 0.270 e. The van der Waals surface area contributed by atoms with Crippen molar-refractivity contribution in [2.75, 3.05) is 45.2 Å².